The van der Waals surface area contributed by atoms with Gasteiger partial charge in [-0.3, -0.25) is 4.98 Å². The van der Waals surface area contributed by atoms with E-state index >= 15 is 0 Å². The number of nitrogens with one attached hydrogen (secondary N) is 1. The Labute approximate surface area is 145 Å². The van der Waals surface area contributed by atoms with Gasteiger partial charge in [-0.25, -0.2) is 4.98 Å². The van der Waals surface area contributed by atoms with Gasteiger partial charge in [-0.15, -0.1) is 0 Å². The van der Waals surface area contributed by atoms with Crippen molar-refractivity contribution < 1.29 is 9.47 Å². The smallest absolute Gasteiger partial charge is 0.166 e. The van der Waals surface area contributed by atoms with Gasteiger partial charge in [-0.2, -0.15) is 0 Å². The van der Waals surface area contributed by atoms with Gasteiger partial charge in [-0.1, -0.05) is 11.8 Å². The van der Waals surface area contributed by atoms with Gasteiger partial charge < -0.3 is 14.5 Å². The first-order valence-electron chi connectivity index (χ1n) is 7.78. The summed E-state index contributed by atoms with van der Waals surface area (Å²) in [5, 5.41) is 0.912. The summed E-state index contributed by atoms with van der Waals surface area (Å²) >= 11 is 1.69. The molecule has 1 aromatic carbocycles. The number of aryl methyl sites for hydroxylation is 2. The van der Waals surface area contributed by atoms with Gasteiger partial charge in [0.1, 0.15) is 11.5 Å². The largest absolute Gasteiger partial charge is 0.497 e. The van der Waals surface area contributed by atoms with Crippen molar-refractivity contribution in [1.29, 1.82) is 0 Å². The number of benzene rings is 1. The molecular weight excluding hydrogens is 322 g/mol. The molecule has 0 atom stereocenters. The third-order valence-electron chi connectivity index (χ3n) is 3.99. The maximum atomic E-state index is 5.47. The van der Waals surface area contributed by atoms with Crippen LogP contribution in [-0.2, 0) is 6.42 Å². The van der Waals surface area contributed by atoms with Crippen molar-refractivity contribution in [3.63, 3.8) is 0 Å². The van der Waals surface area contributed by atoms with Crippen molar-refractivity contribution >= 4 is 22.8 Å². The number of thioether (sulfide) groups is 1. The van der Waals surface area contributed by atoms with E-state index in [1.807, 2.05) is 31.3 Å². The Balaban J connectivity index is 1.68. The fraction of sp³-hybridized carbons (Fsp3) is 0.333. The number of hydrogen-bond acceptors (Lipinski definition) is 5. The molecule has 0 aliphatic rings. The molecule has 3 aromatic rings. The van der Waals surface area contributed by atoms with Gasteiger partial charge in [-0.05, 0) is 32.4 Å². The first kappa shape index (κ1) is 16.6. The maximum absolute atomic E-state index is 5.47. The molecule has 0 fully saturated rings. The maximum Gasteiger partial charge on any atom is 0.166 e. The van der Waals surface area contributed by atoms with E-state index in [4.69, 9.17) is 9.47 Å². The molecule has 6 heteroatoms. The Bertz CT molecular complexity index is 861. The summed E-state index contributed by atoms with van der Waals surface area (Å²) in [6, 6.07) is 5.84. The highest BCUT2D eigenvalue weighted by Crippen LogP contribution is 2.26. The van der Waals surface area contributed by atoms with E-state index in [0.29, 0.717) is 0 Å². The van der Waals surface area contributed by atoms with Crippen LogP contribution >= 0.6 is 11.8 Å². The van der Waals surface area contributed by atoms with Gasteiger partial charge >= 0.3 is 0 Å². The first-order chi connectivity index (χ1) is 11.6. The summed E-state index contributed by atoms with van der Waals surface area (Å²) in [6.07, 6.45) is 2.74. The normalized spacial score (nSPS) is 11.0. The first-order valence-corrected chi connectivity index (χ1v) is 8.76. The van der Waals surface area contributed by atoms with Crippen LogP contribution in [0.15, 0.2) is 29.6 Å². The lowest BCUT2D eigenvalue weighted by Crippen LogP contribution is -2.01. The Hall–Kier alpha value is -2.21. The van der Waals surface area contributed by atoms with Crippen LogP contribution in [0.25, 0.3) is 11.0 Å². The molecule has 0 saturated heterocycles. The van der Waals surface area contributed by atoms with E-state index in [1.165, 1.54) is 0 Å². The number of nitrogens with zero attached hydrogens (tertiary/aromatic N) is 2. The molecule has 0 saturated carbocycles. The molecule has 126 valence electrons. The van der Waals surface area contributed by atoms with E-state index in [2.05, 4.69) is 21.9 Å². The standard InChI is InChI=1S/C18H21N3O2S/c1-11-10-19-14(12(2)17(11)23-4)7-8-24-18-20-15-6-5-13(22-3)9-16(15)21-18/h5-6,9-10H,7-8H2,1-4H3,(H,20,21). The summed E-state index contributed by atoms with van der Waals surface area (Å²) in [4.78, 5) is 12.5. The number of aromatic amines is 1. The summed E-state index contributed by atoms with van der Waals surface area (Å²) in [5.74, 6) is 2.66. The van der Waals surface area contributed by atoms with Gasteiger partial charge in [0.05, 0.1) is 25.3 Å². The van der Waals surface area contributed by atoms with Crippen LogP contribution < -0.4 is 9.47 Å². The van der Waals surface area contributed by atoms with Crippen LogP contribution in [0, 0.1) is 13.8 Å². The lowest BCUT2D eigenvalue weighted by atomic mass is 10.1. The SMILES string of the molecule is COc1ccc2nc(SCCc3ncc(C)c(OC)c3C)[nH]c2c1. The predicted molar refractivity (Wildman–Crippen MR) is 97.3 cm³/mol. The number of H-pyrrole nitrogens is 1. The monoisotopic (exact) mass is 343 g/mol. The van der Waals surface area contributed by atoms with E-state index in [1.54, 1.807) is 26.0 Å². The lowest BCUT2D eigenvalue weighted by Gasteiger charge is -2.11. The van der Waals surface area contributed by atoms with Crippen LogP contribution in [0.4, 0.5) is 0 Å². The predicted octanol–water partition coefficient (Wildman–Crippen LogP) is 3.93. The number of aromatic nitrogens is 3. The second kappa shape index (κ2) is 7.13. The van der Waals surface area contributed by atoms with Crippen molar-refractivity contribution in [2.24, 2.45) is 0 Å². The zero-order valence-corrected chi connectivity index (χ0v) is 15.2. The number of pyridine rings is 1. The number of ether oxygens (including phenoxy) is 2. The molecule has 0 bridgehead atoms. The quantitative estimate of drug-likeness (QED) is 0.687. The van der Waals surface area contributed by atoms with Crippen LogP contribution in [0.3, 0.4) is 0 Å². The minimum Gasteiger partial charge on any atom is -0.497 e. The molecular formula is C18H21N3O2S. The zero-order chi connectivity index (χ0) is 17.1. The minimum atomic E-state index is 0.828. The summed E-state index contributed by atoms with van der Waals surface area (Å²) in [5.41, 5.74) is 5.19. The Kier molecular flexibility index (Phi) is 4.94. The molecule has 0 amide bonds. The highest BCUT2D eigenvalue weighted by atomic mass is 32.2. The second-order valence-electron chi connectivity index (χ2n) is 5.57. The molecule has 0 unspecified atom stereocenters. The zero-order valence-electron chi connectivity index (χ0n) is 14.3. The second-order valence-corrected chi connectivity index (χ2v) is 6.65. The molecule has 0 aliphatic heterocycles. The summed E-state index contributed by atoms with van der Waals surface area (Å²) in [6.45, 7) is 4.08. The van der Waals surface area contributed by atoms with Crippen LogP contribution in [-0.4, -0.2) is 34.9 Å². The Morgan fingerprint density at radius 1 is 1.17 bits per heavy atom. The molecule has 0 spiro atoms. The Morgan fingerprint density at radius 3 is 2.75 bits per heavy atom. The highest BCUT2D eigenvalue weighted by Gasteiger charge is 2.10. The van der Waals surface area contributed by atoms with E-state index in [9.17, 15) is 0 Å². The van der Waals surface area contributed by atoms with Gasteiger partial charge in [0.25, 0.3) is 0 Å². The lowest BCUT2D eigenvalue weighted by molar-refractivity contribution is 0.407. The summed E-state index contributed by atoms with van der Waals surface area (Å²) in [7, 11) is 3.37. The van der Waals surface area contributed by atoms with Crippen LogP contribution in [0.5, 0.6) is 11.5 Å². The Morgan fingerprint density at radius 2 is 2.00 bits per heavy atom. The topological polar surface area (TPSA) is 60.0 Å². The number of fused-ring (bicyclic) bond motifs is 1. The molecule has 0 radical (unpaired) electrons. The molecule has 5 nitrogen and oxygen atoms in total. The molecule has 0 aliphatic carbocycles. The van der Waals surface area contributed by atoms with Gasteiger partial charge in [0.2, 0.25) is 0 Å². The molecule has 1 N–H and O–H groups in total. The van der Waals surface area contributed by atoms with Crippen molar-refractivity contribution in [3.05, 3.63) is 41.2 Å². The fourth-order valence-electron chi connectivity index (χ4n) is 2.73. The number of methoxy groups -OCH3 is 2. The van der Waals surface area contributed by atoms with Gasteiger partial charge in [0.15, 0.2) is 5.16 Å². The molecule has 24 heavy (non-hydrogen) atoms. The molecule has 2 heterocycles. The van der Waals surface area contributed by atoms with Gasteiger partial charge in [0, 0.05) is 34.8 Å². The number of hydrogen-bond donors (Lipinski definition) is 1. The van der Waals surface area contributed by atoms with Crippen LogP contribution in [0.2, 0.25) is 0 Å². The third kappa shape index (κ3) is 3.33. The van der Waals surface area contributed by atoms with Crippen molar-refractivity contribution in [2.45, 2.75) is 25.4 Å². The highest BCUT2D eigenvalue weighted by molar-refractivity contribution is 7.99. The molecule has 3 rings (SSSR count). The number of imidazole rings is 1. The van der Waals surface area contributed by atoms with Crippen molar-refractivity contribution in [1.82, 2.24) is 15.0 Å². The minimum absolute atomic E-state index is 0.828. The average molecular weight is 343 g/mol. The van der Waals surface area contributed by atoms with E-state index in [0.717, 1.165) is 56.7 Å². The fourth-order valence-corrected chi connectivity index (χ4v) is 3.56. The summed E-state index contributed by atoms with van der Waals surface area (Å²) < 4.78 is 10.7. The third-order valence-corrected chi connectivity index (χ3v) is 4.87. The molecule has 2 aromatic heterocycles. The van der Waals surface area contributed by atoms with Crippen molar-refractivity contribution in [3.8, 4) is 11.5 Å². The van der Waals surface area contributed by atoms with E-state index < -0.39 is 0 Å². The average Bonchev–Trinajstić information content (AvgIpc) is 2.99. The number of rotatable bonds is 6. The van der Waals surface area contributed by atoms with Crippen LogP contribution in [0.1, 0.15) is 16.8 Å². The van der Waals surface area contributed by atoms with Crippen molar-refractivity contribution in [2.75, 3.05) is 20.0 Å². The van der Waals surface area contributed by atoms with E-state index in [-0.39, 0.29) is 0 Å².